The summed E-state index contributed by atoms with van der Waals surface area (Å²) in [7, 11) is -2.63. The second kappa shape index (κ2) is 12.8. The van der Waals surface area contributed by atoms with Crippen LogP contribution in [0.1, 0.15) is 40.7 Å². The molecule has 4 aromatic rings. The number of rotatable bonds is 10. The fourth-order valence-electron chi connectivity index (χ4n) is 4.95. The Morgan fingerprint density at radius 3 is 2.25 bits per heavy atom. The lowest BCUT2D eigenvalue weighted by Gasteiger charge is -2.21. The van der Waals surface area contributed by atoms with Gasteiger partial charge in [-0.3, -0.25) is 9.78 Å². The first-order valence-electron chi connectivity index (χ1n) is 14.0. The van der Waals surface area contributed by atoms with Gasteiger partial charge in [0.2, 0.25) is 10.0 Å². The number of aryl methyl sites for hydroxylation is 2. The van der Waals surface area contributed by atoms with Crippen LogP contribution >= 0.6 is 0 Å². The normalized spacial score (nSPS) is 14.6. The van der Waals surface area contributed by atoms with Gasteiger partial charge >= 0.3 is 5.97 Å². The summed E-state index contributed by atoms with van der Waals surface area (Å²) in [6, 6.07) is 21.3. The molecule has 3 heterocycles. The van der Waals surface area contributed by atoms with Crippen molar-refractivity contribution in [2.75, 3.05) is 7.11 Å². The van der Waals surface area contributed by atoms with Crippen molar-refractivity contribution >= 4 is 28.0 Å². The summed E-state index contributed by atoms with van der Waals surface area (Å²) in [5.41, 5.74) is 4.38. The summed E-state index contributed by atoms with van der Waals surface area (Å²) in [4.78, 5) is 32.1. The molecular formula is C34H33N3O6S. The minimum Gasteiger partial charge on any atom is -0.465 e. The van der Waals surface area contributed by atoms with E-state index in [1.807, 2.05) is 44.2 Å². The largest absolute Gasteiger partial charge is 0.465 e. The molecule has 0 bridgehead atoms. The van der Waals surface area contributed by atoms with E-state index in [9.17, 15) is 18.0 Å². The Labute approximate surface area is 257 Å². The highest BCUT2D eigenvalue weighted by Gasteiger charge is 2.37. The maximum atomic E-state index is 13.8. The number of benzene rings is 2. The molecule has 0 saturated heterocycles. The predicted octanol–water partition coefficient (Wildman–Crippen LogP) is 5.56. The van der Waals surface area contributed by atoms with Gasteiger partial charge in [0, 0.05) is 24.6 Å². The lowest BCUT2D eigenvalue weighted by molar-refractivity contribution is -0.136. The monoisotopic (exact) mass is 611 g/mol. The van der Waals surface area contributed by atoms with Gasteiger partial charge in [-0.2, -0.15) is 4.31 Å². The van der Waals surface area contributed by atoms with Crippen LogP contribution in [0.5, 0.6) is 0 Å². The number of nitrogens with zero attached hydrogens (tertiary/aromatic N) is 3. The van der Waals surface area contributed by atoms with E-state index in [2.05, 4.69) is 4.98 Å². The highest BCUT2D eigenvalue weighted by atomic mass is 32.2. The SMILES string of the molecule is COC(=O)C1=C(C)N(Cc2cccnc2)C(=O)/C1=C/c1ccc(CN(Cc2ccc(C)cc2)S(=O)(=O)c2ccc(C)cc2)o1. The number of furan rings is 1. The summed E-state index contributed by atoms with van der Waals surface area (Å²) in [6.07, 6.45) is 4.79. The lowest BCUT2D eigenvalue weighted by atomic mass is 10.1. The summed E-state index contributed by atoms with van der Waals surface area (Å²) in [6.45, 7) is 5.86. The van der Waals surface area contributed by atoms with E-state index in [4.69, 9.17) is 9.15 Å². The third-order valence-electron chi connectivity index (χ3n) is 7.40. The van der Waals surface area contributed by atoms with Gasteiger partial charge in [-0.25, -0.2) is 13.2 Å². The van der Waals surface area contributed by atoms with Gasteiger partial charge in [-0.05, 0) is 68.3 Å². The Hall–Kier alpha value is -4.80. The van der Waals surface area contributed by atoms with E-state index in [0.717, 1.165) is 22.3 Å². The average Bonchev–Trinajstić information content (AvgIpc) is 3.55. The van der Waals surface area contributed by atoms with Crippen molar-refractivity contribution in [2.45, 2.75) is 45.3 Å². The zero-order valence-electron chi connectivity index (χ0n) is 25.0. The number of esters is 1. The first-order valence-corrected chi connectivity index (χ1v) is 15.4. The van der Waals surface area contributed by atoms with Crippen molar-refractivity contribution in [1.29, 1.82) is 0 Å². The Balaban J connectivity index is 1.45. The summed E-state index contributed by atoms with van der Waals surface area (Å²) in [5.74, 6) is -0.356. The molecule has 2 aromatic heterocycles. The zero-order valence-corrected chi connectivity index (χ0v) is 25.8. The van der Waals surface area contributed by atoms with Crippen molar-refractivity contribution in [2.24, 2.45) is 0 Å². The molecule has 0 unspecified atom stereocenters. The molecule has 1 amide bonds. The van der Waals surface area contributed by atoms with Crippen molar-refractivity contribution < 1.29 is 27.2 Å². The highest BCUT2D eigenvalue weighted by molar-refractivity contribution is 7.89. The van der Waals surface area contributed by atoms with Crippen molar-refractivity contribution in [3.05, 3.63) is 136 Å². The molecule has 0 aliphatic carbocycles. The molecular weight excluding hydrogens is 578 g/mol. The maximum absolute atomic E-state index is 13.8. The second-order valence-corrected chi connectivity index (χ2v) is 12.6. The summed E-state index contributed by atoms with van der Waals surface area (Å²) in [5, 5.41) is 0. The summed E-state index contributed by atoms with van der Waals surface area (Å²) >= 11 is 0. The van der Waals surface area contributed by atoms with E-state index in [1.54, 1.807) is 61.8 Å². The Morgan fingerprint density at radius 1 is 0.932 bits per heavy atom. The molecule has 1 aliphatic heterocycles. The number of sulfonamides is 1. The number of carbonyl (C=O) groups excluding carboxylic acids is 2. The van der Waals surface area contributed by atoms with Gasteiger partial charge in [0.25, 0.3) is 5.91 Å². The first-order chi connectivity index (χ1) is 21.1. The smallest absolute Gasteiger partial charge is 0.340 e. The van der Waals surface area contributed by atoms with E-state index < -0.39 is 16.0 Å². The van der Waals surface area contributed by atoms with Gasteiger partial charge in [-0.1, -0.05) is 53.6 Å². The van der Waals surface area contributed by atoms with Crippen molar-refractivity contribution in [3.63, 3.8) is 0 Å². The van der Waals surface area contributed by atoms with Crippen LogP contribution in [0.15, 0.2) is 111 Å². The van der Waals surface area contributed by atoms with Crippen LogP contribution in [0.3, 0.4) is 0 Å². The lowest BCUT2D eigenvalue weighted by Crippen LogP contribution is -2.30. The zero-order chi connectivity index (χ0) is 31.4. The summed E-state index contributed by atoms with van der Waals surface area (Å²) < 4.78 is 40.0. The van der Waals surface area contributed by atoms with Gasteiger partial charge in [-0.15, -0.1) is 0 Å². The molecule has 0 fully saturated rings. The molecule has 226 valence electrons. The molecule has 5 rings (SSSR count). The number of amides is 1. The number of hydrogen-bond acceptors (Lipinski definition) is 7. The number of carbonyl (C=O) groups is 2. The molecule has 44 heavy (non-hydrogen) atoms. The number of ether oxygens (including phenoxy) is 1. The fourth-order valence-corrected chi connectivity index (χ4v) is 6.34. The van der Waals surface area contributed by atoms with Crippen LogP contribution in [-0.2, 0) is 44.0 Å². The molecule has 2 aromatic carbocycles. The molecule has 1 aliphatic rings. The number of methoxy groups -OCH3 is 1. The first kappa shape index (κ1) is 30.7. The molecule has 10 heteroatoms. The predicted molar refractivity (Wildman–Crippen MR) is 165 cm³/mol. The number of aromatic nitrogens is 1. The van der Waals surface area contributed by atoms with Crippen LogP contribution in [0.2, 0.25) is 0 Å². The van der Waals surface area contributed by atoms with E-state index in [0.29, 0.717) is 17.2 Å². The van der Waals surface area contributed by atoms with E-state index in [1.165, 1.54) is 22.4 Å². The Morgan fingerprint density at radius 2 is 1.61 bits per heavy atom. The molecule has 0 spiro atoms. The number of pyridine rings is 1. The minimum atomic E-state index is -3.89. The van der Waals surface area contributed by atoms with Gasteiger partial charge in [0.1, 0.15) is 11.5 Å². The second-order valence-electron chi connectivity index (χ2n) is 10.6. The van der Waals surface area contributed by atoms with Gasteiger partial charge in [0.05, 0.1) is 36.2 Å². The molecule has 0 N–H and O–H groups in total. The Bertz CT molecular complexity index is 1840. The number of hydrogen-bond donors (Lipinski definition) is 0. The Kier molecular flexibility index (Phi) is 8.93. The van der Waals surface area contributed by atoms with Crippen LogP contribution in [-0.4, -0.2) is 41.6 Å². The van der Waals surface area contributed by atoms with Crippen LogP contribution in [0.25, 0.3) is 6.08 Å². The molecule has 9 nitrogen and oxygen atoms in total. The molecule has 0 saturated carbocycles. The van der Waals surface area contributed by atoms with Crippen LogP contribution in [0.4, 0.5) is 0 Å². The molecule has 0 radical (unpaired) electrons. The van der Waals surface area contributed by atoms with Crippen molar-refractivity contribution in [1.82, 2.24) is 14.2 Å². The quantitative estimate of drug-likeness (QED) is 0.171. The fraction of sp³-hybridized carbons (Fsp3) is 0.206. The van der Waals surface area contributed by atoms with Gasteiger partial charge < -0.3 is 14.1 Å². The van der Waals surface area contributed by atoms with E-state index >= 15 is 0 Å². The minimum absolute atomic E-state index is 0.0485. The third-order valence-corrected chi connectivity index (χ3v) is 9.21. The van der Waals surface area contributed by atoms with Crippen LogP contribution < -0.4 is 0 Å². The van der Waals surface area contributed by atoms with Crippen molar-refractivity contribution in [3.8, 4) is 0 Å². The third kappa shape index (κ3) is 6.56. The topological polar surface area (TPSA) is 110 Å². The van der Waals surface area contributed by atoms with E-state index in [-0.39, 0.29) is 41.6 Å². The number of allylic oxidation sites excluding steroid dienone is 1. The maximum Gasteiger partial charge on any atom is 0.340 e. The standard InChI is InChI=1S/C34H33N3O6S/c1-23-7-11-26(12-8-23)20-36(44(40,41)30-15-9-24(2)10-16-30)22-29-14-13-28(43-29)18-31-32(34(39)42-4)25(3)37(33(31)38)21-27-6-5-17-35-19-27/h5-19H,20-22H2,1-4H3/b31-18+. The van der Waals surface area contributed by atoms with Gasteiger partial charge in [0.15, 0.2) is 0 Å². The average molecular weight is 612 g/mol. The highest BCUT2D eigenvalue weighted by Crippen LogP contribution is 2.33. The van der Waals surface area contributed by atoms with Crippen LogP contribution in [0, 0.1) is 13.8 Å². The molecule has 0 atom stereocenters.